The van der Waals surface area contributed by atoms with Crippen LogP contribution in [0, 0.1) is 5.82 Å². The summed E-state index contributed by atoms with van der Waals surface area (Å²) in [7, 11) is 0. The molecular weight excluding hydrogens is 439 g/mol. The van der Waals surface area contributed by atoms with Gasteiger partial charge in [-0.2, -0.15) is 0 Å². The van der Waals surface area contributed by atoms with Crippen molar-refractivity contribution in [3.8, 4) is 0 Å². The normalized spacial score (nSPS) is 10.6. The molecule has 34 heavy (non-hydrogen) atoms. The predicted octanol–water partition coefficient (Wildman–Crippen LogP) is 4.68. The summed E-state index contributed by atoms with van der Waals surface area (Å²) in [6.07, 6.45) is 2.67. The number of carbonyl (C=O) groups excluding carboxylic acids is 3. The highest BCUT2D eigenvalue weighted by Crippen LogP contribution is 2.28. The SMILES string of the molecule is CCOC(=O)Nc1ccc2c(C(=O)C(=O)Nc3ccncc3)c(Cc3ccc(F)cc3)[nH]c2c1. The maximum atomic E-state index is 13.4. The van der Waals surface area contributed by atoms with Gasteiger partial charge in [0.05, 0.1) is 12.2 Å². The van der Waals surface area contributed by atoms with Crippen molar-refractivity contribution in [2.75, 3.05) is 17.2 Å². The second kappa shape index (κ2) is 9.95. The largest absolute Gasteiger partial charge is 0.450 e. The first-order valence-electron chi connectivity index (χ1n) is 10.5. The van der Waals surface area contributed by atoms with Crippen LogP contribution in [-0.2, 0) is 16.0 Å². The number of benzene rings is 2. The van der Waals surface area contributed by atoms with Crippen molar-refractivity contribution < 1.29 is 23.5 Å². The van der Waals surface area contributed by atoms with E-state index in [1.807, 2.05) is 0 Å². The summed E-state index contributed by atoms with van der Waals surface area (Å²) < 4.78 is 18.3. The summed E-state index contributed by atoms with van der Waals surface area (Å²) in [5, 5.41) is 5.71. The molecule has 0 spiro atoms. The molecule has 0 saturated heterocycles. The number of aromatic amines is 1. The van der Waals surface area contributed by atoms with Crippen molar-refractivity contribution in [3.05, 3.63) is 89.6 Å². The Morgan fingerprint density at radius 3 is 2.41 bits per heavy atom. The van der Waals surface area contributed by atoms with Gasteiger partial charge in [0.2, 0.25) is 0 Å². The Labute approximate surface area is 194 Å². The number of H-pyrrole nitrogens is 1. The first kappa shape index (κ1) is 22.7. The second-order valence-electron chi connectivity index (χ2n) is 7.41. The van der Waals surface area contributed by atoms with E-state index in [2.05, 4.69) is 20.6 Å². The number of nitrogens with one attached hydrogen (secondary N) is 3. The van der Waals surface area contributed by atoms with Crippen LogP contribution in [0.5, 0.6) is 0 Å². The molecule has 0 bridgehead atoms. The zero-order valence-corrected chi connectivity index (χ0v) is 18.2. The molecule has 0 fully saturated rings. The van der Waals surface area contributed by atoms with Crippen LogP contribution in [0.1, 0.15) is 28.5 Å². The van der Waals surface area contributed by atoms with Gasteiger partial charge in [0.15, 0.2) is 0 Å². The third kappa shape index (κ3) is 5.09. The van der Waals surface area contributed by atoms with E-state index in [1.165, 1.54) is 24.5 Å². The number of Topliss-reactive ketones (excluding diaryl/α,β-unsaturated/α-hetero) is 1. The number of pyridine rings is 1. The zero-order valence-electron chi connectivity index (χ0n) is 18.2. The Morgan fingerprint density at radius 2 is 1.71 bits per heavy atom. The van der Waals surface area contributed by atoms with Crippen LogP contribution in [0.3, 0.4) is 0 Å². The molecule has 4 aromatic rings. The van der Waals surface area contributed by atoms with Crippen LogP contribution < -0.4 is 10.6 Å². The molecule has 172 valence electrons. The van der Waals surface area contributed by atoms with Gasteiger partial charge in [-0.15, -0.1) is 0 Å². The minimum absolute atomic E-state index is 0.202. The van der Waals surface area contributed by atoms with Crippen molar-refractivity contribution in [2.45, 2.75) is 13.3 Å². The molecule has 4 rings (SSSR count). The van der Waals surface area contributed by atoms with Gasteiger partial charge in [-0.1, -0.05) is 18.2 Å². The average Bonchev–Trinajstić information content (AvgIpc) is 3.17. The van der Waals surface area contributed by atoms with Gasteiger partial charge in [0, 0.05) is 46.8 Å². The highest BCUT2D eigenvalue weighted by molar-refractivity contribution is 6.48. The summed E-state index contributed by atoms with van der Waals surface area (Å²) in [5.74, 6) is -1.91. The number of amides is 2. The van der Waals surface area contributed by atoms with Crippen LogP contribution in [0.2, 0.25) is 0 Å². The number of rotatable bonds is 7. The minimum Gasteiger partial charge on any atom is -0.450 e. The lowest BCUT2D eigenvalue weighted by Crippen LogP contribution is -2.23. The molecule has 9 heteroatoms. The zero-order chi connectivity index (χ0) is 24.1. The van der Waals surface area contributed by atoms with Gasteiger partial charge in [0.1, 0.15) is 5.82 Å². The molecule has 0 atom stereocenters. The van der Waals surface area contributed by atoms with E-state index in [0.29, 0.717) is 28.0 Å². The van der Waals surface area contributed by atoms with Gasteiger partial charge in [0.25, 0.3) is 11.7 Å². The summed E-state index contributed by atoms with van der Waals surface area (Å²) >= 11 is 0. The van der Waals surface area contributed by atoms with Crippen molar-refractivity contribution in [2.24, 2.45) is 0 Å². The molecule has 0 aliphatic rings. The number of carbonyl (C=O) groups is 3. The van der Waals surface area contributed by atoms with Gasteiger partial charge in [-0.05, 0) is 48.9 Å². The monoisotopic (exact) mass is 460 g/mol. The van der Waals surface area contributed by atoms with Gasteiger partial charge < -0.3 is 15.0 Å². The van der Waals surface area contributed by atoms with E-state index in [-0.39, 0.29) is 24.4 Å². The summed E-state index contributed by atoms with van der Waals surface area (Å²) in [4.78, 5) is 44.8. The number of halogens is 1. The molecule has 2 aromatic heterocycles. The van der Waals surface area contributed by atoms with Gasteiger partial charge in [-0.3, -0.25) is 19.9 Å². The average molecular weight is 460 g/mol. The molecule has 3 N–H and O–H groups in total. The van der Waals surface area contributed by atoms with Crippen molar-refractivity contribution >= 4 is 40.1 Å². The highest BCUT2D eigenvalue weighted by atomic mass is 19.1. The second-order valence-corrected chi connectivity index (χ2v) is 7.41. The summed E-state index contributed by atoms with van der Waals surface area (Å²) in [5.41, 5.74) is 2.89. The number of hydrogen-bond donors (Lipinski definition) is 3. The highest BCUT2D eigenvalue weighted by Gasteiger charge is 2.25. The fourth-order valence-electron chi connectivity index (χ4n) is 3.55. The fraction of sp³-hybridized carbons (Fsp3) is 0.120. The van der Waals surface area contributed by atoms with E-state index >= 15 is 0 Å². The molecular formula is C25H21FN4O4. The van der Waals surface area contributed by atoms with Crippen LogP contribution in [-0.4, -0.2) is 34.4 Å². The van der Waals surface area contributed by atoms with Crippen LogP contribution in [0.4, 0.5) is 20.6 Å². The number of nitrogens with zero attached hydrogens (tertiary/aromatic N) is 1. The summed E-state index contributed by atoms with van der Waals surface area (Å²) in [6.45, 7) is 1.92. The third-order valence-electron chi connectivity index (χ3n) is 5.06. The lowest BCUT2D eigenvalue weighted by atomic mass is 10.0. The molecule has 2 heterocycles. The van der Waals surface area contributed by atoms with E-state index in [1.54, 1.807) is 49.4 Å². The number of hydrogen-bond acceptors (Lipinski definition) is 5. The molecule has 0 saturated carbocycles. The standard InChI is InChI=1S/C25H21FN4O4/c1-2-34-25(33)29-18-7-8-19-20(14-18)30-21(13-15-3-5-16(26)6-4-15)22(19)23(31)24(32)28-17-9-11-27-12-10-17/h3-12,14,30H,2,13H2,1H3,(H,29,33)(H,27,28,32). The lowest BCUT2D eigenvalue weighted by molar-refractivity contribution is -0.112. The van der Waals surface area contributed by atoms with Gasteiger partial charge in [-0.25, -0.2) is 9.18 Å². The molecule has 0 aliphatic heterocycles. The molecule has 8 nitrogen and oxygen atoms in total. The van der Waals surface area contributed by atoms with Crippen LogP contribution in [0.15, 0.2) is 67.0 Å². The molecule has 0 aliphatic carbocycles. The minimum atomic E-state index is -0.804. The Bertz CT molecular complexity index is 1350. The number of anilines is 2. The fourth-order valence-corrected chi connectivity index (χ4v) is 3.55. The number of aromatic nitrogens is 2. The quantitative estimate of drug-likeness (QED) is 0.274. The van der Waals surface area contributed by atoms with Crippen molar-refractivity contribution in [1.29, 1.82) is 0 Å². The third-order valence-corrected chi connectivity index (χ3v) is 5.06. The number of ketones is 1. The van der Waals surface area contributed by atoms with Crippen molar-refractivity contribution in [3.63, 3.8) is 0 Å². The molecule has 0 radical (unpaired) electrons. The number of ether oxygens (including phenoxy) is 1. The van der Waals surface area contributed by atoms with E-state index < -0.39 is 17.8 Å². The Hall–Kier alpha value is -4.53. The summed E-state index contributed by atoms with van der Waals surface area (Å²) in [6, 6.07) is 14.0. The van der Waals surface area contributed by atoms with Crippen LogP contribution in [0.25, 0.3) is 10.9 Å². The molecule has 2 amide bonds. The first-order valence-corrected chi connectivity index (χ1v) is 10.5. The van der Waals surface area contributed by atoms with E-state index in [4.69, 9.17) is 4.74 Å². The van der Waals surface area contributed by atoms with E-state index in [9.17, 15) is 18.8 Å². The van der Waals surface area contributed by atoms with E-state index in [0.717, 1.165) is 5.56 Å². The van der Waals surface area contributed by atoms with Crippen LogP contribution >= 0.6 is 0 Å². The maximum absolute atomic E-state index is 13.4. The number of fused-ring (bicyclic) bond motifs is 1. The Morgan fingerprint density at radius 1 is 0.971 bits per heavy atom. The van der Waals surface area contributed by atoms with Crippen molar-refractivity contribution in [1.82, 2.24) is 9.97 Å². The Kier molecular flexibility index (Phi) is 6.63. The molecule has 2 aromatic carbocycles. The van der Waals surface area contributed by atoms with Gasteiger partial charge >= 0.3 is 6.09 Å². The lowest BCUT2D eigenvalue weighted by Gasteiger charge is -2.07. The Balaban J connectivity index is 1.71. The first-order chi connectivity index (χ1) is 16.4. The maximum Gasteiger partial charge on any atom is 0.411 e. The molecule has 0 unspecified atom stereocenters. The predicted molar refractivity (Wildman–Crippen MR) is 125 cm³/mol. The topological polar surface area (TPSA) is 113 Å². The smallest absolute Gasteiger partial charge is 0.411 e.